The van der Waals surface area contributed by atoms with Gasteiger partial charge in [0, 0.05) is 32.1 Å². The van der Waals surface area contributed by atoms with E-state index in [1.54, 1.807) is 13.2 Å². The molecule has 0 bridgehead atoms. The third-order valence-electron chi connectivity index (χ3n) is 5.00. The molecule has 144 valence electrons. The number of benzene rings is 2. The first-order valence-corrected chi connectivity index (χ1v) is 9.65. The molecule has 1 saturated heterocycles. The van der Waals surface area contributed by atoms with Crippen LogP contribution in [0.3, 0.4) is 0 Å². The fourth-order valence-electron chi connectivity index (χ4n) is 3.54. The van der Waals surface area contributed by atoms with Crippen molar-refractivity contribution in [2.45, 2.75) is 25.7 Å². The fraction of sp³-hybridized carbons (Fsp3) is 0.409. The van der Waals surface area contributed by atoms with Crippen LogP contribution in [0.4, 0.5) is 0 Å². The summed E-state index contributed by atoms with van der Waals surface area (Å²) in [6.45, 7) is 5.69. The summed E-state index contributed by atoms with van der Waals surface area (Å²) in [6, 6.07) is 16.2. The number of nitrogens with one attached hydrogen (secondary N) is 1. The minimum atomic E-state index is 0.169. The maximum atomic E-state index is 9.71. The molecule has 0 radical (unpaired) electrons. The smallest absolute Gasteiger partial charge is 0.193 e. The van der Waals surface area contributed by atoms with E-state index in [1.807, 2.05) is 12.1 Å². The number of hydrogen-bond acceptors (Lipinski definition) is 3. The van der Waals surface area contributed by atoms with Crippen LogP contribution in [0.25, 0.3) is 0 Å². The molecule has 0 aromatic heterocycles. The van der Waals surface area contributed by atoms with Gasteiger partial charge >= 0.3 is 0 Å². The summed E-state index contributed by atoms with van der Waals surface area (Å²) in [4.78, 5) is 7.18. The number of guanidine groups is 1. The molecular formula is C22H29N3O2. The minimum absolute atomic E-state index is 0.169. The monoisotopic (exact) mass is 367 g/mol. The summed E-state index contributed by atoms with van der Waals surface area (Å²) in [6.07, 6.45) is 1.96. The van der Waals surface area contributed by atoms with Crippen LogP contribution in [-0.2, 0) is 6.42 Å². The molecule has 0 spiro atoms. The van der Waals surface area contributed by atoms with Crippen molar-refractivity contribution in [3.05, 3.63) is 59.7 Å². The molecule has 0 aliphatic carbocycles. The molecule has 1 unspecified atom stereocenters. The molecule has 1 aliphatic rings. The highest BCUT2D eigenvalue weighted by Crippen LogP contribution is 2.27. The lowest BCUT2D eigenvalue weighted by atomic mass is 9.99. The predicted molar refractivity (Wildman–Crippen MR) is 110 cm³/mol. The molecule has 2 N–H and O–H groups in total. The van der Waals surface area contributed by atoms with E-state index in [1.165, 1.54) is 5.56 Å². The summed E-state index contributed by atoms with van der Waals surface area (Å²) in [5.74, 6) is 2.23. The Kier molecular flexibility index (Phi) is 6.58. The van der Waals surface area contributed by atoms with Gasteiger partial charge in [-0.3, -0.25) is 4.99 Å². The van der Waals surface area contributed by atoms with Gasteiger partial charge in [0.25, 0.3) is 0 Å². The number of rotatable bonds is 6. The van der Waals surface area contributed by atoms with Crippen LogP contribution in [0.1, 0.15) is 30.4 Å². The van der Waals surface area contributed by atoms with Crippen molar-refractivity contribution in [2.24, 2.45) is 4.99 Å². The third-order valence-corrected chi connectivity index (χ3v) is 5.00. The molecule has 5 nitrogen and oxygen atoms in total. The number of ether oxygens (including phenoxy) is 1. The van der Waals surface area contributed by atoms with Crippen molar-refractivity contribution in [1.82, 2.24) is 10.2 Å². The van der Waals surface area contributed by atoms with Crippen LogP contribution >= 0.6 is 0 Å². The van der Waals surface area contributed by atoms with E-state index >= 15 is 0 Å². The average molecular weight is 367 g/mol. The normalized spacial score (nSPS) is 17.2. The molecule has 0 saturated carbocycles. The highest BCUT2D eigenvalue weighted by molar-refractivity contribution is 5.80. The van der Waals surface area contributed by atoms with Crippen molar-refractivity contribution < 1.29 is 9.84 Å². The second kappa shape index (κ2) is 9.31. The fourth-order valence-corrected chi connectivity index (χ4v) is 3.54. The molecule has 1 fully saturated rings. The minimum Gasteiger partial charge on any atom is -0.504 e. The molecule has 1 aliphatic heterocycles. The Morgan fingerprint density at radius 3 is 2.81 bits per heavy atom. The van der Waals surface area contributed by atoms with Gasteiger partial charge in [0.1, 0.15) is 0 Å². The maximum absolute atomic E-state index is 9.71. The Balaban J connectivity index is 1.61. The van der Waals surface area contributed by atoms with Gasteiger partial charge in [-0.25, -0.2) is 0 Å². The molecule has 1 atom stereocenters. The second-order valence-corrected chi connectivity index (χ2v) is 6.83. The topological polar surface area (TPSA) is 57.1 Å². The Morgan fingerprint density at radius 2 is 2.07 bits per heavy atom. The zero-order valence-electron chi connectivity index (χ0n) is 16.2. The van der Waals surface area contributed by atoms with E-state index in [0.29, 0.717) is 18.2 Å². The van der Waals surface area contributed by atoms with Gasteiger partial charge < -0.3 is 20.1 Å². The lowest BCUT2D eigenvalue weighted by Crippen LogP contribution is -2.40. The van der Waals surface area contributed by atoms with E-state index in [9.17, 15) is 5.11 Å². The molecule has 2 aromatic carbocycles. The maximum Gasteiger partial charge on any atom is 0.193 e. The predicted octanol–water partition coefficient (Wildman–Crippen LogP) is 3.40. The van der Waals surface area contributed by atoms with Gasteiger partial charge in [0.05, 0.1) is 7.11 Å². The Bertz CT molecular complexity index is 761. The number of methoxy groups -OCH3 is 1. The average Bonchev–Trinajstić information content (AvgIpc) is 3.19. The van der Waals surface area contributed by atoms with Gasteiger partial charge in [-0.2, -0.15) is 0 Å². The number of aromatic hydroxyl groups is 1. The van der Waals surface area contributed by atoms with Crippen molar-refractivity contribution in [1.29, 1.82) is 0 Å². The van der Waals surface area contributed by atoms with E-state index in [-0.39, 0.29) is 5.75 Å². The molecule has 2 aromatic rings. The van der Waals surface area contributed by atoms with Crippen LogP contribution in [0, 0.1) is 0 Å². The van der Waals surface area contributed by atoms with Gasteiger partial charge in [-0.15, -0.1) is 0 Å². The Hall–Kier alpha value is -2.69. The molecular weight excluding hydrogens is 338 g/mol. The van der Waals surface area contributed by atoms with Gasteiger partial charge in [0.15, 0.2) is 17.5 Å². The number of phenols is 1. The summed E-state index contributed by atoms with van der Waals surface area (Å²) in [7, 11) is 1.57. The highest BCUT2D eigenvalue weighted by Gasteiger charge is 2.25. The largest absolute Gasteiger partial charge is 0.504 e. The van der Waals surface area contributed by atoms with Crippen molar-refractivity contribution >= 4 is 5.96 Å². The van der Waals surface area contributed by atoms with Crippen LogP contribution in [0.2, 0.25) is 0 Å². The summed E-state index contributed by atoms with van der Waals surface area (Å²) < 4.78 is 5.18. The number of hydrogen-bond donors (Lipinski definition) is 2. The number of nitrogens with zero attached hydrogens (tertiary/aromatic N) is 2. The van der Waals surface area contributed by atoms with Crippen LogP contribution in [-0.4, -0.2) is 49.3 Å². The molecule has 27 heavy (non-hydrogen) atoms. The van der Waals surface area contributed by atoms with Crippen molar-refractivity contribution in [3.8, 4) is 11.5 Å². The van der Waals surface area contributed by atoms with Gasteiger partial charge in [-0.05, 0) is 43.0 Å². The third kappa shape index (κ3) is 4.94. The summed E-state index contributed by atoms with van der Waals surface area (Å²) in [5, 5.41) is 13.1. The van der Waals surface area contributed by atoms with Gasteiger partial charge in [0.2, 0.25) is 0 Å². The summed E-state index contributed by atoms with van der Waals surface area (Å²) >= 11 is 0. The van der Waals surface area contributed by atoms with Crippen LogP contribution < -0.4 is 10.1 Å². The number of phenolic OH excluding ortho intramolecular Hbond substituents is 1. The quantitative estimate of drug-likeness (QED) is 0.607. The molecule has 0 amide bonds. The van der Waals surface area contributed by atoms with Crippen LogP contribution in [0.5, 0.6) is 11.5 Å². The van der Waals surface area contributed by atoms with Crippen molar-refractivity contribution in [3.63, 3.8) is 0 Å². The first-order valence-electron chi connectivity index (χ1n) is 9.65. The summed E-state index contributed by atoms with van der Waals surface area (Å²) in [5.41, 5.74) is 2.51. The Labute approximate surface area is 161 Å². The lowest BCUT2D eigenvalue weighted by molar-refractivity contribution is 0.373. The molecule has 5 heteroatoms. The van der Waals surface area contributed by atoms with E-state index in [2.05, 4.69) is 47.5 Å². The number of likely N-dealkylation sites (tertiary alicyclic amines) is 1. The molecule has 1 heterocycles. The first kappa shape index (κ1) is 19.1. The first-order chi connectivity index (χ1) is 13.2. The zero-order chi connectivity index (χ0) is 19.1. The van der Waals surface area contributed by atoms with Crippen molar-refractivity contribution in [2.75, 3.05) is 33.3 Å². The SMILES string of the molecule is CCNC(=NCCc1ccc(O)c(OC)c1)N1CCC(c2ccccc2)C1. The molecule has 3 rings (SSSR count). The second-order valence-electron chi connectivity index (χ2n) is 6.83. The standard InChI is InChI=1S/C22H29N3O2/c1-3-23-22(24-13-11-17-9-10-20(26)21(15-17)27-2)25-14-12-19(16-25)18-7-5-4-6-8-18/h4-10,15,19,26H,3,11-14,16H2,1-2H3,(H,23,24). The van der Waals surface area contributed by atoms with Crippen LogP contribution in [0.15, 0.2) is 53.5 Å². The highest BCUT2D eigenvalue weighted by atomic mass is 16.5. The van der Waals surface area contributed by atoms with E-state index < -0.39 is 0 Å². The van der Waals surface area contributed by atoms with E-state index in [4.69, 9.17) is 9.73 Å². The number of aliphatic imine (C=N–C) groups is 1. The van der Waals surface area contributed by atoms with Gasteiger partial charge in [-0.1, -0.05) is 36.4 Å². The Morgan fingerprint density at radius 1 is 1.26 bits per heavy atom. The zero-order valence-corrected chi connectivity index (χ0v) is 16.2. The lowest BCUT2D eigenvalue weighted by Gasteiger charge is -2.22. The van der Waals surface area contributed by atoms with E-state index in [0.717, 1.165) is 44.0 Å².